The number of aromatic nitrogens is 2. The average Bonchev–Trinajstić information content (AvgIpc) is 2.10. The van der Waals surface area contributed by atoms with E-state index in [1.165, 1.54) is 0 Å². The van der Waals surface area contributed by atoms with Crippen LogP contribution in [0, 0.1) is 0 Å². The summed E-state index contributed by atoms with van der Waals surface area (Å²) in [6.07, 6.45) is -5.57. The molecule has 0 spiro atoms. The standard InChI is InChI=1S/C4H4F3N3O/c5-4(6,7)1-2-9-3(8)10-11-2/h1H2,(H2,8,10). The molecule has 7 heteroatoms. The van der Waals surface area contributed by atoms with Gasteiger partial charge in [0.1, 0.15) is 6.42 Å². The summed E-state index contributed by atoms with van der Waals surface area (Å²) in [6, 6.07) is 0. The lowest BCUT2D eigenvalue weighted by Gasteiger charge is -1.99. The zero-order valence-corrected chi connectivity index (χ0v) is 5.22. The molecule has 0 aliphatic carbocycles. The quantitative estimate of drug-likeness (QED) is 0.670. The molecule has 0 saturated heterocycles. The summed E-state index contributed by atoms with van der Waals surface area (Å²) in [5, 5.41) is 2.99. The first-order valence-corrected chi connectivity index (χ1v) is 2.62. The molecule has 0 atom stereocenters. The molecule has 0 amide bonds. The fourth-order valence-corrected chi connectivity index (χ4v) is 0.511. The highest BCUT2D eigenvalue weighted by molar-refractivity contribution is 5.10. The van der Waals surface area contributed by atoms with Gasteiger partial charge >= 0.3 is 6.18 Å². The number of alkyl halides is 3. The number of anilines is 1. The molecule has 1 aromatic heterocycles. The van der Waals surface area contributed by atoms with Crippen molar-refractivity contribution in [2.75, 3.05) is 5.73 Å². The van der Waals surface area contributed by atoms with Crippen LogP contribution in [0.4, 0.5) is 19.1 Å². The second-order valence-corrected chi connectivity index (χ2v) is 1.84. The maximum atomic E-state index is 11.6. The molecule has 0 aliphatic heterocycles. The van der Waals surface area contributed by atoms with Crippen LogP contribution in [0.1, 0.15) is 5.89 Å². The molecule has 1 heterocycles. The van der Waals surface area contributed by atoms with Crippen LogP contribution in [-0.2, 0) is 6.42 Å². The van der Waals surface area contributed by atoms with Crippen molar-refractivity contribution in [2.24, 2.45) is 0 Å². The van der Waals surface area contributed by atoms with Gasteiger partial charge in [0.2, 0.25) is 5.89 Å². The van der Waals surface area contributed by atoms with E-state index in [9.17, 15) is 13.2 Å². The van der Waals surface area contributed by atoms with Crippen LogP contribution in [-0.4, -0.2) is 16.3 Å². The van der Waals surface area contributed by atoms with E-state index >= 15 is 0 Å². The highest BCUT2D eigenvalue weighted by Crippen LogP contribution is 2.19. The Morgan fingerprint density at radius 2 is 2.09 bits per heavy atom. The van der Waals surface area contributed by atoms with Gasteiger partial charge in [0.15, 0.2) is 0 Å². The molecule has 11 heavy (non-hydrogen) atoms. The molecule has 0 unspecified atom stereocenters. The van der Waals surface area contributed by atoms with E-state index in [-0.39, 0.29) is 5.95 Å². The van der Waals surface area contributed by atoms with Crippen LogP contribution in [0.3, 0.4) is 0 Å². The third kappa shape index (κ3) is 2.44. The summed E-state index contributed by atoms with van der Waals surface area (Å²) in [5.74, 6) is -0.806. The number of nitrogen functional groups attached to an aromatic ring is 1. The van der Waals surface area contributed by atoms with Crippen LogP contribution in [0.5, 0.6) is 0 Å². The SMILES string of the molecule is Nc1noc(CC(F)(F)F)n1. The van der Waals surface area contributed by atoms with Crippen molar-refractivity contribution in [2.45, 2.75) is 12.6 Å². The van der Waals surface area contributed by atoms with E-state index in [0.717, 1.165) is 0 Å². The predicted molar refractivity (Wildman–Crippen MR) is 28.5 cm³/mol. The summed E-state index contributed by atoms with van der Waals surface area (Å²) in [7, 11) is 0. The lowest BCUT2D eigenvalue weighted by atomic mass is 10.4. The van der Waals surface area contributed by atoms with Crippen molar-refractivity contribution < 1.29 is 17.7 Å². The third-order valence-corrected chi connectivity index (χ3v) is 0.835. The molecule has 0 bridgehead atoms. The highest BCUT2D eigenvalue weighted by Gasteiger charge is 2.30. The minimum Gasteiger partial charge on any atom is -0.365 e. The number of halogens is 3. The van der Waals surface area contributed by atoms with Gasteiger partial charge in [-0.15, -0.1) is 0 Å². The topological polar surface area (TPSA) is 64.9 Å². The molecule has 0 saturated carbocycles. The van der Waals surface area contributed by atoms with Gasteiger partial charge in [0, 0.05) is 0 Å². The third-order valence-electron chi connectivity index (χ3n) is 0.835. The van der Waals surface area contributed by atoms with Gasteiger partial charge in [-0.05, 0) is 5.16 Å². The normalized spacial score (nSPS) is 11.9. The van der Waals surface area contributed by atoms with Gasteiger partial charge in [0.05, 0.1) is 0 Å². The summed E-state index contributed by atoms with van der Waals surface area (Å²) < 4.78 is 38.9. The Morgan fingerprint density at radius 3 is 2.45 bits per heavy atom. The van der Waals surface area contributed by atoms with Crippen LogP contribution in [0.25, 0.3) is 0 Å². The smallest absolute Gasteiger partial charge is 0.365 e. The molecule has 2 N–H and O–H groups in total. The Balaban J connectivity index is 2.65. The number of rotatable bonds is 1. The predicted octanol–water partition coefficient (Wildman–Crippen LogP) is 0.757. The Hall–Kier alpha value is -1.27. The summed E-state index contributed by atoms with van der Waals surface area (Å²) in [4.78, 5) is 3.18. The maximum absolute atomic E-state index is 11.6. The molecule has 0 aliphatic rings. The molecule has 0 fully saturated rings. The molecule has 1 rings (SSSR count). The van der Waals surface area contributed by atoms with E-state index < -0.39 is 18.5 Å². The van der Waals surface area contributed by atoms with E-state index in [2.05, 4.69) is 14.7 Å². The first kappa shape index (κ1) is 7.83. The Labute approximate surface area is 59.2 Å². The van der Waals surface area contributed by atoms with Crippen molar-refractivity contribution in [3.05, 3.63) is 5.89 Å². The lowest BCUT2D eigenvalue weighted by molar-refractivity contribution is -0.131. The van der Waals surface area contributed by atoms with Crippen molar-refractivity contribution in [3.63, 3.8) is 0 Å². The van der Waals surface area contributed by atoms with Crippen LogP contribution >= 0.6 is 0 Å². The first-order chi connectivity index (χ1) is 4.97. The number of nitrogens with two attached hydrogens (primary N) is 1. The van der Waals surface area contributed by atoms with Crippen LogP contribution < -0.4 is 5.73 Å². The largest absolute Gasteiger partial charge is 0.397 e. The van der Waals surface area contributed by atoms with Crippen molar-refractivity contribution in [1.82, 2.24) is 10.1 Å². The molecule has 0 aromatic carbocycles. The van der Waals surface area contributed by atoms with Gasteiger partial charge in [-0.3, -0.25) is 0 Å². The van der Waals surface area contributed by atoms with Crippen molar-refractivity contribution >= 4 is 5.95 Å². The molecular weight excluding hydrogens is 163 g/mol. The zero-order valence-electron chi connectivity index (χ0n) is 5.22. The van der Waals surface area contributed by atoms with E-state index in [1.54, 1.807) is 0 Å². The summed E-state index contributed by atoms with van der Waals surface area (Å²) in [5.41, 5.74) is 4.91. The van der Waals surface area contributed by atoms with E-state index in [0.29, 0.717) is 0 Å². The Morgan fingerprint density at radius 1 is 1.45 bits per heavy atom. The average molecular weight is 167 g/mol. The minimum atomic E-state index is -4.33. The van der Waals surface area contributed by atoms with Gasteiger partial charge in [-0.1, -0.05) is 0 Å². The van der Waals surface area contributed by atoms with Gasteiger partial charge < -0.3 is 10.3 Å². The van der Waals surface area contributed by atoms with Crippen LogP contribution in [0.2, 0.25) is 0 Å². The number of hydrogen-bond donors (Lipinski definition) is 1. The first-order valence-electron chi connectivity index (χ1n) is 2.62. The van der Waals surface area contributed by atoms with E-state index in [1.807, 2.05) is 0 Å². The molecule has 4 nitrogen and oxygen atoms in total. The van der Waals surface area contributed by atoms with Gasteiger partial charge in [-0.25, -0.2) is 0 Å². The molecule has 1 aromatic rings. The lowest BCUT2D eigenvalue weighted by Crippen LogP contribution is -2.11. The van der Waals surface area contributed by atoms with Crippen molar-refractivity contribution in [3.8, 4) is 0 Å². The van der Waals surface area contributed by atoms with Crippen molar-refractivity contribution in [1.29, 1.82) is 0 Å². The summed E-state index contributed by atoms with van der Waals surface area (Å²) in [6.45, 7) is 0. The van der Waals surface area contributed by atoms with Gasteiger partial charge in [-0.2, -0.15) is 18.2 Å². The number of nitrogens with zero attached hydrogens (tertiary/aromatic N) is 2. The van der Waals surface area contributed by atoms with E-state index in [4.69, 9.17) is 5.73 Å². The minimum absolute atomic E-state index is 0.288. The Kier molecular flexibility index (Phi) is 1.71. The van der Waals surface area contributed by atoms with Gasteiger partial charge in [0.25, 0.3) is 5.95 Å². The molecule has 62 valence electrons. The summed E-state index contributed by atoms with van der Waals surface area (Å²) >= 11 is 0. The number of hydrogen-bond acceptors (Lipinski definition) is 4. The molecular formula is C4H4F3N3O. The fraction of sp³-hybridized carbons (Fsp3) is 0.500. The monoisotopic (exact) mass is 167 g/mol. The maximum Gasteiger partial charge on any atom is 0.397 e. The second kappa shape index (κ2) is 2.40. The second-order valence-electron chi connectivity index (χ2n) is 1.84. The Bertz CT molecular complexity index is 243. The van der Waals surface area contributed by atoms with Crippen LogP contribution in [0.15, 0.2) is 4.52 Å². The highest BCUT2D eigenvalue weighted by atomic mass is 19.4. The molecule has 0 radical (unpaired) electrons. The fourth-order valence-electron chi connectivity index (χ4n) is 0.511. The zero-order chi connectivity index (χ0) is 8.48.